The first-order valence-corrected chi connectivity index (χ1v) is 9.50. The van der Waals surface area contributed by atoms with Crippen LogP contribution in [-0.2, 0) is 24.4 Å². The van der Waals surface area contributed by atoms with E-state index in [1.54, 1.807) is 31.6 Å². The van der Waals surface area contributed by atoms with E-state index in [0.717, 1.165) is 22.6 Å². The number of benzene rings is 2. The van der Waals surface area contributed by atoms with Crippen molar-refractivity contribution in [1.29, 1.82) is 0 Å². The number of aliphatic hydroxyl groups is 1. The van der Waals surface area contributed by atoms with Gasteiger partial charge in [0.1, 0.15) is 23.9 Å². The minimum atomic E-state index is -0.670. The molecule has 3 aromatic rings. The van der Waals surface area contributed by atoms with Crippen LogP contribution in [0.5, 0.6) is 5.75 Å². The van der Waals surface area contributed by atoms with Crippen molar-refractivity contribution in [1.82, 2.24) is 4.90 Å². The molecule has 5 nitrogen and oxygen atoms in total. The van der Waals surface area contributed by atoms with Crippen LogP contribution < -0.4 is 4.74 Å². The van der Waals surface area contributed by atoms with Gasteiger partial charge in [-0.25, -0.2) is 4.39 Å². The van der Waals surface area contributed by atoms with Crippen molar-refractivity contribution in [3.05, 3.63) is 89.6 Å². The molecule has 154 valence electrons. The van der Waals surface area contributed by atoms with E-state index in [0.29, 0.717) is 26.2 Å². The third kappa shape index (κ3) is 7.02. The van der Waals surface area contributed by atoms with Crippen LogP contribution in [0, 0.1) is 5.82 Å². The van der Waals surface area contributed by atoms with Gasteiger partial charge in [-0.15, -0.1) is 0 Å². The molecule has 0 radical (unpaired) electrons. The summed E-state index contributed by atoms with van der Waals surface area (Å²) in [6, 6.07) is 17.9. The first-order chi connectivity index (χ1) is 14.1. The van der Waals surface area contributed by atoms with Gasteiger partial charge in [0.2, 0.25) is 0 Å². The van der Waals surface area contributed by atoms with Crippen molar-refractivity contribution >= 4 is 0 Å². The number of furan rings is 1. The van der Waals surface area contributed by atoms with Crippen LogP contribution in [0.25, 0.3) is 0 Å². The Morgan fingerprint density at radius 1 is 1.03 bits per heavy atom. The molecule has 0 amide bonds. The maximum atomic E-state index is 13.2. The topological polar surface area (TPSA) is 55.1 Å². The number of halogens is 1. The second-order valence-corrected chi connectivity index (χ2v) is 6.90. The number of hydrogen-bond acceptors (Lipinski definition) is 5. The molecule has 3 rings (SSSR count). The van der Waals surface area contributed by atoms with Crippen molar-refractivity contribution in [2.24, 2.45) is 0 Å². The summed E-state index contributed by atoms with van der Waals surface area (Å²) >= 11 is 0. The summed E-state index contributed by atoms with van der Waals surface area (Å²) in [7, 11) is 1.63. The van der Waals surface area contributed by atoms with Crippen molar-refractivity contribution in [3.8, 4) is 5.75 Å². The van der Waals surface area contributed by atoms with Crippen molar-refractivity contribution in [3.63, 3.8) is 0 Å². The fourth-order valence-electron chi connectivity index (χ4n) is 3.10. The number of hydrogen-bond donors (Lipinski definition) is 1. The second-order valence-electron chi connectivity index (χ2n) is 6.90. The van der Waals surface area contributed by atoms with Crippen LogP contribution >= 0.6 is 0 Å². The summed E-state index contributed by atoms with van der Waals surface area (Å²) < 4.78 is 29.3. The smallest absolute Gasteiger partial charge is 0.129 e. The van der Waals surface area contributed by atoms with Crippen LogP contribution in [0.1, 0.15) is 16.9 Å². The number of rotatable bonds is 11. The lowest BCUT2D eigenvalue weighted by Crippen LogP contribution is -2.34. The Bertz CT molecular complexity index is 852. The number of methoxy groups -OCH3 is 1. The quantitative estimate of drug-likeness (QED) is 0.528. The molecule has 1 atom stereocenters. The minimum Gasteiger partial charge on any atom is -0.497 e. The van der Waals surface area contributed by atoms with E-state index in [9.17, 15) is 9.50 Å². The molecule has 0 saturated carbocycles. The molecule has 0 bridgehead atoms. The molecule has 1 aromatic heterocycles. The van der Waals surface area contributed by atoms with Crippen LogP contribution in [0.3, 0.4) is 0 Å². The lowest BCUT2D eigenvalue weighted by Gasteiger charge is -2.25. The zero-order valence-electron chi connectivity index (χ0n) is 16.5. The van der Waals surface area contributed by atoms with Crippen LogP contribution in [0.15, 0.2) is 71.3 Å². The van der Waals surface area contributed by atoms with Gasteiger partial charge in [-0.05, 0) is 47.5 Å². The molecule has 0 fully saturated rings. The molecule has 0 unspecified atom stereocenters. The average molecular weight is 399 g/mol. The Balaban J connectivity index is 1.61. The van der Waals surface area contributed by atoms with E-state index < -0.39 is 6.10 Å². The number of nitrogens with zero attached hydrogens (tertiary/aromatic N) is 1. The summed E-state index contributed by atoms with van der Waals surface area (Å²) in [4.78, 5) is 2.10. The fraction of sp³-hybridized carbons (Fsp3) is 0.304. The van der Waals surface area contributed by atoms with E-state index in [-0.39, 0.29) is 12.4 Å². The Morgan fingerprint density at radius 2 is 1.83 bits per heavy atom. The second kappa shape index (κ2) is 10.8. The van der Waals surface area contributed by atoms with Gasteiger partial charge in [-0.1, -0.05) is 24.3 Å². The first kappa shape index (κ1) is 21.0. The van der Waals surface area contributed by atoms with E-state index in [4.69, 9.17) is 13.9 Å². The maximum absolute atomic E-state index is 13.2. The first-order valence-electron chi connectivity index (χ1n) is 9.50. The van der Waals surface area contributed by atoms with Crippen molar-refractivity contribution in [2.45, 2.75) is 25.8 Å². The predicted octanol–water partition coefficient (Wildman–Crippen LogP) is 4.01. The highest BCUT2D eigenvalue weighted by Crippen LogP contribution is 2.17. The number of ether oxygens (including phenoxy) is 2. The molecule has 1 N–H and O–H groups in total. The van der Waals surface area contributed by atoms with Gasteiger partial charge in [-0.3, -0.25) is 4.90 Å². The largest absolute Gasteiger partial charge is 0.497 e. The maximum Gasteiger partial charge on any atom is 0.129 e. The van der Waals surface area contributed by atoms with Crippen LogP contribution in [0.2, 0.25) is 0 Å². The van der Waals surface area contributed by atoms with Crippen LogP contribution in [0.4, 0.5) is 4.39 Å². The van der Waals surface area contributed by atoms with Crippen LogP contribution in [-0.4, -0.2) is 36.4 Å². The summed E-state index contributed by atoms with van der Waals surface area (Å²) in [6.07, 6.45) is 0.921. The van der Waals surface area contributed by atoms with Crippen molar-refractivity contribution in [2.75, 3.05) is 20.3 Å². The van der Waals surface area contributed by atoms with Gasteiger partial charge in [0.25, 0.3) is 0 Å². The molecule has 0 aliphatic rings. The van der Waals surface area contributed by atoms with E-state index in [1.807, 2.05) is 30.3 Å². The predicted molar refractivity (Wildman–Crippen MR) is 108 cm³/mol. The molecule has 1 heterocycles. The SMILES string of the molecule is COc1cccc(CN(Cc2ccc(F)cc2)C[C@@H](O)COCc2ccco2)c1. The summed E-state index contributed by atoms with van der Waals surface area (Å²) in [5.74, 6) is 1.24. The summed E-state index contributed by atoms with van der Waals surface area (Å²) in [5.41, 5.74) is 2.04. The lowest BCUT2D eigenvalue weighted by molar-refractivity contribution is 0.00252. The van der Waals surface area contributed by atoms with Crippen molar-refractivity contribution < 1.29 is 23.4 Å². The highest BCUT2D eigenvalue weighted by molar-refractivity contribution is 5.28. The fourth-order valence-corrected chi connectivity index (χ4v) is 3.10. The molecule has 2 aromatic carbocycles. The van der Waals surface area contributed by atoms with Gasteiger partial charge < -0.3 is 19.0 Å². The Morgan fingerprint density at radius 3 is 2.55 bits per heavy atom. The molecule has 0 aliphatic heterocycles. The zero-order valence-corrected chi connectivity index (χ0v) is 16.5. The molecule has 6 heteroatoms. The highest BCUT2D eigenvalue weighted by Gasteiger charge is 2.14. The zero-order chi connectivity index (χ0) is 20.5. The van der Waals surface area contributed by atoms with Gasteiger partial charge in [0.15, 0.2) is 0 Å². The Hall–Kier alpha value is -2.67. The Kier molecular flexibility index (Phi) is 7.81. The van der Waals surface area contributed by atoms with E-state index in [1.165, 1.54) is 12.1 Å². The molecule has 29 heavy (non-hydrogen) atoms. The molecule has 0 aliphatic carbocycles. The third-order valence-corrected chi connectivity index (χ3v) is 4.46. The average Bonchev–Trinajstić information content (AvgIpc) is 3.23. The summed E-state index contributed by atoms with van der Waals surface area (Å²) in [5, 5.41) is 10.5. The molecular formula is C23H26FNO4. The highest BCUT2D eigenvalue weighted by atomic mass is 19.1. The van der Waals surface area contributed by atoms with Gasteiger partial charge >= 0.3 is 0 Å². The monoisotopic (exact) mass is 399 g/mol. The van der Waals surface area contributed by atoms with Gasteiger partial charge in [0, 0.05) is 19.6 Å². The molecule has 0 spiro atoms. The normalized spacial score (nSPS) is 12.3. The van der Waals surface area contributed by atoms with Gasteiger partial charge in [0.05, 0.1) is 26.1 Å². The Labute approximate surface area is 170 Å². The molecule has 0 saturated heterocycles. The lowest BCUT2D eigenvalue weighted by atomic mass is 10.1. The summed E-state index contributed by atoms with van der Waals surface area (Å²) in [6.45, 7) is 2.11. The van der Waals surface area contributed by atoms with Gasteiger partial charge in [-0.2, -0.15) is 0 Å². The molecular weight excluding hydrogens is 373 g/mol. The number of aliphatic hydroxyl groups excluding tert-OH is 1. The third-order valence-electron chi connectivity index (χ3n) is 4.46. The minimum absolute atomic E-state index is 0.193. The standard InChI is InChI=1S/C23H26FNO4/c1-27-22-5-2-4-19(12-22)14-25(13-18-7-9-20(24)10-8-18)15-21(26)16-28-17-23-6-3-11-29-23/h2-12,21,26H,13-17H2,1H3/t21-/m1/s1. The van der Waals surface area contributed by atoms with E-state index >= 15 is 0 Å². The van der Waals surface area contributed by atoms with E-state index in [2.05, 4.69) is 4.90 Å².